The van der Waals surface area contributed by atoms with Gasteiger partial charge in [-0.2, -0.15) is 0 Å². The van der Waals surface area contributed by atoms with E-state index in [0.29, 0.717) is 17.3 Å². The number of allylic oxidation sites excluding steroid dienone is 1. The molecule has 0 radical (unpaired) electrons. The molecule has 4 aliphatic carbocycles. The van der Waals surface area contributed by atoms with Gasteiger partial charge in [0.05, 0.1) is 0 Å². The maximum absolute atomic E-state index is 12.9. The lowest BCUT2D eigenvalue weighted by molar-refractivity contribution is -0.151. The zero-order valence-corrected chi connectivity index (χ0v) is 37.6. The third kappa shape index (κ3) is 13.7. The van der Waals surface area contributed by atoms with Gasteiger partial charge >= 0.3 is 5.97 Å². The predicted octanol–water partition coefficient (Wildman–Crippen LogP) is 16.8. The molecule has 0 spiro atoms. The van der Waals surface area contributed by atoms with Gasteiger partial charge in [-0.15, -0.1) is 0 Å². The van der Waals surface area contributed by atoms with Crippen LogP contribution >= 0.6 is 0 Å². The van der Waals surface area contributed by atoms with Crippen molar-refractivity contribution in [3.63, 3.8) is 0 Å². The van der Waals surface area contributed by atoms with Gasteiger partial charge in [0.1, 0.15) is 6.10 Å². The number of carbonyl (C=O) groups is 1. The molecular weight excluding hydrogens is 657 g/mol. The second kappa shape index (κ2) is 24.2. The first-order chi connectivity index (χ1) is 26.1. The van der Waals surface area contributed by atoms with Gasteiger partial charge in [-0.05, 0) is 104 Å². The average Bonchev–Trinajstić information content (AvgIpc) is 3.51. The molecular formula is C52H94O2. The van der Waals surface area contributed by atoms with Crippen LogP contribution in [0.15, 0.2) is 11.6 Å². The summed E-state index contributed by atoms with van der Waals surface area (Å²) in [5.41, 5.74) is 2.52. The Balaban J connectivity index is 1.01. The Morgan fingerprint density at radius 2 is 1.20 bits per heavy atom. The quantitative estimate of drug-likeness (QED) is 0.0452. The molecule has 0 N–H and O–H groups in total. The molecule has 4 rings (SSSR count). The smallest absolute Gasteiger partial charge is 0.306 e. The highest BCUT2D eigenvalue weighted by atomic mass is 16.5. The first-order valence-corrected chi connectivity index (χ1v) is 25.0. The van der Waals surface area contributed by atoms with E-state index in [9.17, 15) is 4.79 Å². The second-order valence-corrected chi connectivity index (χ2v) is 20.9. The number of hydrogen-bond acceptors (Lipinski definition) is 2. The van der Waals surface area contributed by atoms with Crippen LogP contribution in [0.4, 0.5) is 0 Å². The molecule has 9 atom stereocenters. The van der Waals surface area contributed by atoms with Crippen molar-refractivity contribution in [1.29, 1.82) is 0 Å². The summed E-state index contributed by atoms with van der Waals surface area (Å²) in [6.07, 6.45) is 45.8. The van der Waals surface area contributed by atoms with Gasteiger partial charge in [0, 0.05) is 12.8 Å². The van der Waals surface area contributed by atoms with Gasteiger partial charge in [-0.1, -0.05) is 201 Å². The summed E-state index contributed by atoms with van der Waals surface area (Å²) in [7, 11) is 0. The number of ether oxygens (including phenoxy) is 1. The monoisotopic (exact) mass is 751 g/mol. The minimum Gasteiger partial charge on any atom is -0.462 e. The van der Waals surface area contributed by atoms with Gasteiger partial charge in [0.15, 0.2) is 0 Å². The molecule has 2 nitrogen and oxygen atoms in total. The summed E-state index contributed by atoms with van der Waals surface area (Å²) >= 11 is 0. The first kappa shape index (κ1) is 45.9. The Bertz CT molecular complexity index is 1060. The second-order valence-electron chi connectivity index (χ2n) is 20.9. The molecule has 3 fully saturated rings. The molecule has 3 saturated carbocycles. The van der Waals surface area contributed by atoms with Crippen LogP contribution in [0, 0.1) is 52.3 Å². The lowest BCUT2D eigenvalue weighted by atomic mass is 9.47. The third-order valence-electron chi connectivity index (χ3n) is 16.8. The van der Waals surface area contributed by atoms with E-state index in [1.807, 2.05) is 0 Å². The van der Waals surface area contributed by atoms with Crippen molar-refractivity contribution in [2.45, 2.75) is 260 Å². The highest BCUT2D eigenvalue weighted by molar-refractivity contribution is 5.69. The van der Waals surface area contributed by atoms with E-state index in [0.717, 1.165) is 60.7 Å². The van der Waals surface area contributed by atoms with Crippen LogP contribution in [0.2, 0.25) is 0 Å². The van der Waals surface area contributed by atoms with Gasteiger partial charge in [-0.25, -0.2) is 0 Å². The molecule has 0 aromatic heterocycles. The van der Waals surface area contributed by atoms with E-state index < -0.39 is 0 Å². The van der Waals surface area contributed by atoms with E-state index in [-0.39, 0.29) is 12.1 Å². The zero-order chi connectivity index (χ0) is 38.8. The standard InChI is InChI=1S/C52H94O2/c1-8-9-10-11-12-13-14-15-16-17-18-19-20-21-22-23-24-25-26-27-28-29-50(53)54-45-36-38-51(6)44(40-45)32-33-46-48-35-34-47(52(48,7)39-37-49(46)51)43(5)31-30-42(4)41(2)3/h32,41-43,45-49H,8-31,33-40H2,1-7H3/t42-,43-,45+,46+,47-,48+,49+,51+,52-/m1/s1. The first-order valence-electron chi connectivity index (χ1n) is 25.0. The van der Waals surface area contributed by atoms with Crippen molar-refractivity contribution in [2.75, 3.05) is 0 Å². The fourth-order valence-corrected chi connectivity index (χ4v) is 12.7. The minimum atomic E-state index is 0.0676. The number of fused-ring (bicyclic) bond motifs is 5. The van der Waals surface area contributed by atoms with Gasteiger partial charge in [0.2, 0.25) is 0 Å². The van der Waals surface area contributed by atoms with Crippen molar-refractivity contribution < 1.29 is 9.53 Å². The molecule has 0 saturated heterocycles. The number of esters is 1. The third-order valence-corrected chi connectivity index (χ3v) is 16.8. The van der Waals surface area contributed by atoms with E-state index in [1.54, 1.807) is 5.57 Å². The molecule has 314 valence electrons. The fourth-order valence-electron chi connectivity index (χ4n) is 12.7. The van der Waals surface area contributed by atoms with Crippen molar-refractivity contribution in [3.05, 3.63) is 11.6 Å². The van der Waals surface area contributed by atoms with Gasteiger partial charge in [0.25, 0.3) is 0 Å². The summed E-state index contributed by atoms with van der Waals surface area (Å²) in [5, 5.41) is 0. The van der Waals surface area contributed by atoms with E-state index in [1.165, 1.54) is 180 Å². The lowest BCUT2D eigenvalue weighted by Gasteiger charge is -2.58. The summed E-state index contributed by atoms with van der Waals surface area (Å²) in [5.74, 6) is 6.11. The molecule has 4 aliphatic rings. The van der Waals surface area contributed by atoms with Crippen LogP contribution in [-0.2, 0) is 9.53 Å². The van der Waals surface area contributed by atoms with Gasteiger partial charge in [-0.3, -0.25) is 4.79 Å². The number of hydrogen-bond donors (Lipinski definition) is 0. The van der Waals surface area contributed by atoms with Crippen molar-refractivity contribution >= 4 is 5.97 Å². The Kier molecular flexibility index (Phi) is 20.6. The molecule has 0 amide bonds. The molecule has 0 unspecified atom stereocenters. The molecule has 0 aromatic carbocycles. The Morgan fingerprint density at radius 3 is 1.74 bits per heavy atom. The van der Waals surface area contributed by atoms with Crippen molar-refractivity contribution in [2.24, 2.45) is 52.3 Å². The summed E-state index contributed by atoms with van der Waals surface area (Å²) in [4.78, 5) is 12.9. The maximum Gasteiger partial charge on any atom is 0.306 e. The summed E-state index contributed by atoms with van der Waals surface area (Å²) in [6.45, 7) is 17.5. The van der Waals surface area contributed by atoms with E-state index in [4.69, 9.17) is 4.74 Å². The maximum atomic E-state index is 12.9. The van der Waals surface area contributed by atoms with Crippen LogP contribution in [-0.4, -0.2) is 12.1 Å². The van der Waals surface area contributed by atoms with E-state index in [2.05, 4.69) is 54.5 Å². The number of carbonyl (C=O) groups excluding carboxylic acids is 1. The Morgan fingerprint density at radius 1 is 0.667 bits per heavy atom. The van der Waals surface area contributed by atoms with Crippen LogP contribution in [0.3, 0.4) is 0 Å². The molecule has 0 bridgehead atoms. The lowest BCUT2D eigenvalue weighted by Crippen LogP contribution is -2.51. The minimum absolute atomic E-state index is 0.0676. The molecule has 0 aliphatic heterocycles. The highest BCUT2D eigenvalue weighted by Gasteiger charge is 2.59. The SMILES string of the molecule is CCCCCCCCCCCCCCCCCCCCCCCC(=O)O[C@H]1CC[C@@]2(C)C(=CC[C@H]3[C@@H]4CC[C@H]([C@H](C)CC[C@@H](C)C(C)C)[C@@]4(C)CC[C@@H]32)C1. The molecule has 2 heteroatoms. The van der Waals surface area contributed by atoms with Crippen molar-refractivity contribution in [1.82, 2.24) is 0 Å². The van der Waals surface area contributed by atoms with Crippen molar-refractivity contribution in [3.8, 4) is 0 Å². The normalized spacial score (nSPS) is 30.4. The van der Waals surface area contributed by atoms with Crippen LogP contribution in [0.5, 0.6) is 0 Å². The Labute approximate surface area is 338 Å². The summed E-state index contributed by atoms with van der Waals surface area (Å²) in [6, 6.07) is 0. The molecule has 54 heavy (non-hydrogen) atoms. The Hall–Kier alpha value is -0.790. The topological polar surface area (TPSA) is 26.3 Å². The molecule has 0 aromatic rings. The van der Waals surface area contributed by atoms with Crippen LogP contribution < -0.4 is 0 Å². The van der Waals surface area contributed by atoms with E-state index >= 15 is 0 Å². The largest absolute Gasteiger partial charge is 0.462 e. The van der Waals surface area contributed by atoms with Crippen LogP contribution in [0.25, 0.3) is 0 Å². The number of unbranched alkanes of at least 4 members (excludes halogenated alkanes) is 20. The zero-order valence-electron chi connectivity index (χ0n) is 37.6. The predicted molar refractivity (Wildman–Crippen MR) is 235 cm³/mol. The number of rotatable bonds is 28. The van der Waals surface area contributed by atoms with Gasteiger partial charge < -0.3 is 4.74 Å². The molecule has 0 heterocycles. The highest BCUT2D eigenvalue weighted by Crippen LogP contribution is 2.67. The average molecular weight is 751 g/mol. The fraction of sp³-hybridized carbons (Fsp3) is 0.942. The van der Waals surface area contributed by atoms with Crippen LogP contribution in [0.1, 0.15) is 254 Å². The summed E-state index contributed by atoms with van der Waals surface area (Å²) < 4.78 is 6.17.